The molecular weight excluding hydrogens is 540 g/mol. The first-order chi connectivity index (χ1) is 12.4. The molecule has 10 heteroatoms. The van der Waals surface area contributed by atoms with E-state index in [9.17, 15) is 4.79 Å². The number of aromatic nitrogens is 2. The van der Waals surface area contributed by atoms with E-state index in [1.807, 2.05) is 12.1 Å². The molecule has 0 unspecified atom stereocenters. The molecule has 0 spiro atoms. The lowest BCUT2D eigenvalue weighted by molar-refractivity contribution is -0.136. The van der Waals surface area contributed by atoms with Crippen LogP contribution in [0.25, 0.3) is 12.2 Å². The number of alkyl halides is 3. The predicted octanol–water partition coefficient (Wildman–Crippen LogP) is 4.45. The summed E-state index contributed by atoms with van der Waals surface area (Å²) in [6.07, 6.45) is 3.64. The standard InChI is InChI=1S/C16H15Br3N2O5/c1-23-10-24-9-8-14(22)25-12-5-2-11(3-6-12)4-7-13-20-21-15(26-13)16(17,18)19/h2-7H,8-10H2,1H3. The largest absolute Gasteiger partial charge is 0.426 e. The van der Waals surface area contributed by atoms with Crippen LogP contribution in [0.3, 0.4) is 0 Å². The van der Waals surface area contributed by atoms with Crippen LogP contribution in [0.2, 0.25) is 0 Å². The van der Waals surface area contributed by atoms with Gasteiger partial charge >= 0.3 is 5.97 Å². The molecular formula is C16H15Br3N2O5. The van der Waals surface area contributed by atoms with Crippen LogP contribution in [0.4, 0.5) is 0 Å². The third-order valence-corrected chi connectivity index (χ3v) is 3.88. The quantitative estimate of drug-likeness (QED) is 0.157. The molecule has 0 radical (unpaired) electrons. The number of methoxy groups -OCH3 is 1. The molecule has 0 aliphatic carbocycles. The van der Waals surface area contributed by atoms with Crippen LogP contribution in [-0.2, 0) is 16.4 Å². The summed E-state index contributed by atoms with van der Waals surface area (Å²) in [7, 11) is 1.52. The molecule has 7 nitrogen and oxygen atoms in total. The fraction of sp³-hybridized carbons (Fsp3) is 0.312. The number of benzene rings is 1. The highest BCUT2D eigenvalue weighted by atomic mass is 80.0. The van der Waals surface area contributed by atoms with Gasteiger partial charge in [0.1, 0.15) is 12.5 Å². The summed E-state index contributed by atoms with van der Waals surface area (Å²) in [5, 5.41) is 7.81. The summed E-state index contributed by atoms with van der Waals surface area (Å²) in [5.74, 6) is 0.787. The molecule has 1 aromatic heterocycles. The van der Waals surface area contributed by atoms with Crippen molar-refractivity contribution in [2.75, 3.05) is 20.5 Å². The number of halogens is 3. The molecule has 0 bridgehead atoms. The van der Waals surface area contributed by atoms with Crippen molar-refractivity contribution in [3.05, 3.63) is 41.6 Å². The van der Waals surface area contributed by atoms with Crippen LogP contribution >= 0.6 is 47.8 Å². The first-order valence-electron chi connectivity index (χ1n) is 7.34. The summed E-state index contributed by atoms with van der Waals surface area (Å²) >= 11 is 9.91. The lowest BCUT2D eigenvalue weighted by atomic mass is 10.2. The Balaban J connectivity index is 1.87. The molecule has 0 aliphatic rings. The molecule has 1 heterocycles. The minimum atomic E-state index is -0.744. The lowest BCUT2D eigenvalue weighted by Crippen LogP contribution is -2.11. The third kappa shape index (κ3) is 7.28. The van der Waals surface area contributed by atoms with Crippen LogP contribution in [0.15, 0.2) is 28.7 Å². The first-order valence-corrected chi connectivity index (χ1v) is 9.72. The zero-order valence-electron chi connectivity index (χ0n) is 13.7. The van der Waals surface area contributed by atoms with Gasteiger partial charge in [0.15, 0.2) is 0 Å². The van der Waals surface area contributed by atoms with Gasteiger partial charge in [0.05, 0.1) is 13.0 Å². The zero-order chi connectivity index (χ0) is 19.0. The summed E-state index contributed by atoms with van der Waals surface area (Å²) < 4.78 is 19.7. The molecule has 0 fully saturated rings. The van der Waals surface area contributed by atoms with Gasteiger partial charge in [-0.15, -0.1) is 10.2 Å². The Hall–Kier alpha value is -1.07. The summed E-state index contributed by atoms with van der Waals surface area (Å²) in [6.45, 7) is 0.399. The Kier molecular flexibility index (Phi) is 8.42. The highest BCUT2D eigenvalue weighted by Gasteiger charge is 2.27. The molecule has 140 valence electrons. The number of carbonyl (C=O) groups is 1. The maximum atomic E-state index is 11.7. The summed E-state index contributed by atoms with van der Waals surface area (Å²) in [4.78, 5) is 11.7. The van der Waals surface area contributed by atoms with Gasteiger partial charge in [-0.3, -0.25) is 4.79 Å². The number of carbonyl (C=O) groups excluding carboxylic acids is 1. The molecule has 1 aromatic carbocycles. The van der Waals surface area contributed by atoms with Crippen molar-refractivity contribution in [2.24, 2.45) is 0 Å². The summed E-state index contributed by atoms with van der Waals surface area (Å²) in [6, 6.07) is 7.02. The molecule has 26 heavy (non-hydrogen) atoms. The van der Waals surface area contributed by atoms with Gasteiger partial charge in [0, 0.05) is 13.2 Å². The molecule has 0 N–H and O–H groups in total. The van der Waals surface area contributed by atoms with Crippen LogP contribution < -0.4 is 4.74 Å². The molecule has 2 aromatic rings. The predicted molar refractivity (Wildman–Crippen MR) is 106 cm³/mol. The van der Waals surface area contributed by atoms with Crippen LogP contribution in [0, 0.1) is 0 Å². The minimum absolute atomic E-state index is 0.151. The van der Waals surface area contributed by atoms with Crippen molar-refractivity contribution in [1.29, 1.82) is 0 Å². The maximum absolute atomic E-state index is 11.7. The van der Waals surface area contributed by atoms with E-state index in [4.69, 9.17) is 18.6 Å². The molecule has 0 aliphatic heterocycles. The fourth-order valence-electron chi connectivity index (χ4n) is 1.71. The Labute approximate surface area is 175 Å². The molecule has 0 amide bonds. The van der Waals surface area contributed by atoms with Crippen molar-refractivity contribution in [3.8, 4) is 5.75 Å². The van der Waals surface area contributed by atoms with Crippen LogP contribution in [0.5, 0.6) is 5.75 Å². The lowest BCUT2D eigenvalue weighted by Gasteiger charge is -2.05. The number of hydrogen-bond acceptors (Lipinski definition) is 7. The van der Waals surface area contributed by atoms with E-state index in [-0.39, 0.29) is 25.8 Å². The Morgan fingerprint density at radius 1 is 1.19 bits per heavy atom. The highest BCUT2D eigenvalue weighted by Crippen LogP contribution is 2.43. The first kappa shape index (κ1) is 21.2. The number of hydrogen-bond donors (Lipinski definition) is 0. The fourth-order valence-corrected chi connectivity index (χ4v) is 2.19. The normalized spacial score (nSPS) is 11.8. The number of rotatable bonds is 8. The van der Waals surface area contributed by atoms with E-state index in [1.54, 1.807) is 24.3 Å². The zero-order valence-corrected chi connectivity index (χ0v) is 18.4. The SMILES string of the molecule is COCOCCC(=O)Oc1ccc(C=Cc2nnc(C(Br)(Br)Br)o2)cc1. The van der Waals surface area contributed by atoms with Gasteiger partial charge in [-0.25, -0.2) is 0 Å². The topological polar surface area (TPSA) is 83.7 Å². The van der Waals surface area contributed by atoms with E-state index in [2.05, 4.69) is 58.0 Å². The molecule has 2 rings (SSSR count). The van der Waals surface area contributed by atoms with Gasteiger partial charge in [0.25, 0.3) is 5.89 Å². The van der Waals surface area contributed by atoms with Crippen molar-refractivity contribution >= 4 is 65.9 Å². The van der Waals surface area contributed by atoms with E-state index < -0.39 is 2.14 Å². The van der Waals surface area contributed by atoms with Gasteiger partial charge in [-0.2, -0.15) is 0 Å². The van der Waals surface area contributed by atoms with E-state index >= 15 is 0 Å². The maximum Gasteiger partial charge on any atom is 0.313 e. The van der Waals surface area contributed by atoms with Gasteiger partial charge in [-0.1, -0.05) is 12.1 Å². The number of esters is 1. The minimum Gasteiger partial charge on any atom is -0.426 e. The van der Waals surface area contributed by atoms with Crippen LogP contribution in [0.1, 0.15) is 23.8 Å². The van der Waals surface area contributed by atoms with E-state index in [0.29, 0.717) is 17.5 Å². The number of ether oxygens (including phenoxy) is 3. The van der Waals surface area contributed by atoms with Crippen LogP contribution in [-0.4, -0.2) is 36.7 Å². The van der Waals surface area contributed by atoms with Crippen molar-refractivity contribution in [2.45, 2.75) is 8.56 Å². The molecule has 0 saturated heterocycles. The third-order valence-electron chi connectivity index (χ3n) is 2.86. The Morgan fingerprint density at radius 3 is 2.54 bits per heavy atom. The second-order valence-electron chi connectivity index (χ2n) is 4.88. The van der Waals surface area contributed by atoms with Gasteiger partial charge in [0.2, 0.25) is 8.03 Å². The van der Waals surface area contributed by atoms with Gasteiger partial charge < -0.3 is 18.6 Å². The van der Waals surface area contributed by atoms with E-state index in [1.165, 1.54) is 7.11 Å². The second-order valence-corrected chi connectivity index (χ2v) is 11.6. The van der Waals surface area contributed by atoms with Gasteiger partial charge in [-0.05, 0) is 71.6 Å². The average Bonchev–Trinajstić information content (AvgIpc) is 3.08. The molecule has 0 atom stereocenters. The van der Waals surface area contributed by atoms with Crippen molar-refractivity contribution in [3.63, 3.8) is 0 Å². The summed E-state index contributed by atoms with van der Waals surface area (Å²) in [5.41, 5.74) is 0.885. The Morgan fingerprint density at radius 2 is 1.92 bits per heavy atom. The monoisotopic (exact) mass is 552 g/mol. The number of nitrogens with zero attached hydrogens (tertiary/aromatic N) is 2. The smallest absolute Gasteiger partial charge is 0.313 e. The second kappa shape index (κ2) is 10.3. The Bertz CT molecular complexity index is 741. The van der Waals surface area contributed by atoms with E-state index in [0.717, 1.165) is 5.56 Å². The molecule has 0 saturated carbocycles. The highest BCUT2D eigenvalue weighted by molar-refractivity contribution is 9.38. The van der Waals surface area contributed by atoms with Crippen molar-refractivity contribution in [1.82, 2.24) is 10.2 Å². The average molecular weight is 555 g/mol. The van der Waals surface area contributed by atoms with Crippen molar-refractivity contribution < 1.29 is 23.4 Å².